The maximum absolute atomic E-state index is 14.1. The summed E-state index contributed by atoms with van der Waals surface area (Å²) in [6.07, 6.45) is 0.880. The van der Waals surface area contributed by atoms with Gasteiger partial charge >= 0.3 is 5.97 Å². The highest BCUT2D eigenvalue weighted by atomic mass is 32.2. The highest BCUT2D eigenvalue weighted by molar-refractivity contribution is 7.89. The van der Waals surface area contributed by atoms with Gasteiger partial charge in [-0.2, -0.15) is 0 Å². The molecule has 1 fully saturated rings. The van der Waals surface area contributed by atoms with Crippen molar-refractivity contribution in [2.24, 2.45) is 10.6 Å². The number of primary sulfonamides is 1. The number of sulfonamides is 1. The monoisotopic (exact) mass is 316 g/mol. The highest BCUT2D eigenvalue weighted by Crippen LogP contribution is 2.37. The van der Waals surface area contributed by atoms with Gasteiger partial charge in [-0.05, 0) is 31.0 Å². The summed E-state index contributed by atoms with van der Waals surface area (Å²) < 4.78 is 36.4. The number of rotatable bonds is 4. The number of carbonyl (C=O) groups is 1. The fraction of sp³-hybridized carbons (Fsp3) is 0.462. The summed E-state index contributed by atoms with van der Waals surface area (Å²) in [5.74, 6) is -1.62. The molecule has 0 bridgehead atoms. The van der Waals surface area contributed by atoms with Crippen LogP contribution in [0.2, 0.25) is 0 Å². The number of nitrogens with two attached hydrogens (primary N) is 1. The number of carboxylic acid groups (broad SMARTS) is 1. The van der Waals surface area contributed by atoms with Gasteiger partial charge in [-0.1, -0.05) is 6.92 Å². The van der Waals surface area contributed by atoms with Crippen molar-refractivity contribution >= 4 is 21.7 Å². The van der Waals surface area contributed by atoms with Crippen molar-refractivity contribution in [3.8, 4) is 0 Å². The van der Waals surface area contributed by atoms with Crippen LogP contribution in [0.5, 0.6) is 0 Å². The van der Waals surface area contributed by atoms with Crippen molar-refractivity contribution in [3.05, 3.63) is 24.0 Å². The summed E-state index contributed by atoms with van der Waals surface area (Å²) in [6.45, 7) is 2.40. The summed E-state index contributed by atoms with van der Waals surface area (Å²) in [4.78, 5) is 12.7. The number of aliphatic carboxylic acids is 1. The van der Waals surface area contributed by atoms with Crippen LogP contribution in [0.4, 0.5) is 10.1 Å². The molecule has 2 rings (SSSR count). The molecule has 21 heavy (non-hydrogen) atoms. The van der Waals surface area contributed by atoms with Crippen molar-refractivity contribution in [1.29, 1.82) is 0 Å². The number of nitrogens with zero attached hydrogens (tertiary/aromatic N) is 1. The molecular formula is C13H17FN2O4S. The molecule has 8 heteroatoms. The van der Waals surface area contributed by atoms with Gasteiger partial charge in [0.25, 0.3) is 0 Å². The van der Waals surface area contributed by atoms with Crippen LogP contribution in [0.1, 0.15) is 19.8 Å². The minimum absolute atomic E-state index is 0.193. The predicted octanol–water partition coefficient (Wildman–Crippen LogP) is 1.16. The summed E-state index contributed by atoms with van der Waals surface area (Å²) >= 11 is 0. The number of benzene rings is 1. The highest BCUT2D eigenvalue weighted by Gasteiger charge is 2.43. The zero-order chi connectivity index (χ0) is 15.8. The molecule has 0 amide bonds. The van der Waals surface area contributed by atoms with E-state index in [4.69, 9.17) is 5.14 Å². The molecule has 1 aliphatic heterocycles. The van der Waals surface area contributed by atoms with Crippen LogP contribution in [0.25, 0.3) is 0 Å². The van der Waals surface area contributed by atoms with Crippen LogP contribution in [-0.2, 0) is 14.8 Å². The third-order valence-corrected chi connectivity index (χ3v) is 4.98. The van der Waals surface area contributed by atoms with Gasteiger partial charge in [0.2, 0.25) is 10.0 Å². The molecule has 0 saturated carbocycles. The Morgan fingerprint density at radius 1 is 1.52 bits per heavy atom. The number of hydrogen-bond acceptors (Lipinski definition) is 4. The quantitative estimate of drug-likeness (QED) is 0.868. The number of anilines is 1. The van der Waals surface area contributed by atoms with E-state index in [9.17, 15) is 22.7 Å². The molecule has 1 aromatic rings. The molecule has 1 aliphatic rings. The standard InChI is InChI=1S/C13H17FN2O4S/c1-2-13(12(17)18)5-6-16(8-13)11-4-3-9(7-10(11)14)21(15,19)20/h3-4,7H,2,5-6,8H2,1H3,(H,17,18)(H2,15,19,20). The summed E-state index contributed by atoms with van der Waals surface area (Å²) in [7, 11) is -3.96. The van der Waals surface area contributed by atoms with E-state index in [0.717, 1.165) is 6.07 Å². The number of hydrogen-bond donors (Lipinski definition) is 2. The summed E-state index contributed by atoms with van der Waals surface area (Å²) in [5, 5.41) is 14.3. The van der Waals surface area contributed by atoms with Crippen LogP contribution in [-0.4, -0.2) is 32.6 Å². The molecule has 0 radical (unpaired) electrons. The van der Waals surface area contributed by atoms with Crippen LogP contribution in [0, 0.1) is 11.2 Å². The molecule has 1 atom stereocenters. The first-order chi connectivity index (χ1) is 9.69. The van der Waals surface area contributed by atoms with E-state index >= 15 is 0 Å². The second kappa shape index (κ2) is 5.27. The third kappa shape index (κ3) is 2.86. The van der Waals surface area contributed by atoms with Gasteiger partial charge in [-0.3, -0.25) is 4.79 Å². The second-order valence-corrected chi connectivity index (χ2v) is 6.83. The SMILES string of the molecule is CCC1(C(=O)O)CCN(c2ccc(S(N)(=O)=O)cc2F)C1. The van der Waals surface area contributed by atoms with Gasteiger partial charge < -0.3 is 10.0 Å². The fourth-order valence-corrected chi connectivity index (χ4v) is 3.14. The van der Waals surface area contributed by atoms with E-state index in [1.165, 1.54) is 12.1 Å². The van der Waals surface area contributed by atoms with Crippen molar-refractivity contribution in [1.82, 2.24) is 0 Å². The third-order valence-electron chi connectivity index (χ3n) is 4.07. The van der Waals surface area contributed by atoms with Gasteiger partial charge in [-0.25, -0.2) is 17.9 Å². The van der Waals surface area contributed by atoms with E-state index in [1.807, 2.05) is 0 Å². The zero-order valence-electron chi connectivity index (χ0n) is 11.5. The van der Waals surface area contributed by atoms with Crippen molar-refractivity contribution in [2.75, 3.05) is 18.0 Å². The largest absolute Gasteiger partial charge is 0.481 e. The predicted molar refractivity (Wildman–Crippen MR) is 75.0 cm³/mol. The summed E-state index contributed by atoms with van der Waals surface area (Å²) in [6, 6.07) is 3.40. The Balaban J connectivity index is 2.31. The molecule has 3 N–H and O–H groups in total. The first kappa shape index (κ1) is 15.7. The van der Waals surface area contributed by atoms with E-state index in [2.05, 4.69) is 0 Å². The van der Waals surface area contributed by atoms with Crippen molar-refractivity contribution in [3.63, 3.8) is 0 Å². The van der Waals surface area contributed by atoms with Gasteiger partial charge in [-0.15, -0.1) is 0 Å². The van der Waals surface area contributed by atoms with Crippen molar-refractivity contribution < 1.29 is 22.7 Å². The van der Waals surface area contributed by atoms with E-state index < -0.39 is 27.2 Å². The Hall–Kier alpha value is -1.67. The van der Waals surface area contributed by atoms with Crippen molar-refractivity contribution in [2.45, 2.75) is 24.7 Å². The van der Waals surface area contributed by atoms with Gasteiger partial charge in [0.1, 0.15) is 5.82 Å². The normalized spacial score (nSPS) is 22.5. The summed E-state index contributed by atoms with van der Waals surface area (Å²) in [5.41, 5.74) is -0.690. The lowest BCUT2D eigenvalue weighted by atomic mass is 9.84. The lowest BCUT2D eigenvalue weighted by Gasteiger charge is -2.24. The Bertz CT molecular complexity index is 677. The average Bonchev–Trinajstić information content (AvgIpc) is 2.83. The van der Waals surface area contributed by atoms with Crippen LogP contribution < -0.4 is 10.0 Å². The molecule has 1 saturated heterocycles. The molecule has 0 aliphatic carbocycles. The van der Waals surface area contributed by atoms with E-state index in [-0.39, 0.29) is 17.1 Å². The fourth-order valence-electron chi connectivity index (χ4n) is 2.61. The smallest absolute Gasteiger partial charge is 0.311 e. The maximum atomic E-state index is 14.1. The molecule has 0 aromatic heterocycles. The minimum Gasteiger partial charge on any atom is -0.481 e. The van der Waals surface area contributed by atoms with Gasteiger partial charge in [0, 0.05) is 13.1 Å². The lowest BCUT2D eigenvalue weighted by molar-refractivity contribution is -0.147. The molecule has 0 spiro atoms. The lowest BCUT2D eigenvalue weighted by Crippen LogP contribution is -2.34. The molecule has 1 heterocycles. The van der Waals surface area contributed by atoms with E-state index in [1.54, 1.807) is 11.8 Å². The Morgan fingerprint density at radius 3 is 2.62 bits per heavy atom. The first-order valence-electron chi connectivity index (χ1n) is 6.50. The number of halogens is 1. The van der Waals surface area contributed by atoms with Crippen LogP contribution in [0.3, 0.4) is 0 Å². The minimum atomic E-state index is -3.96. The molecule has 6 nitrogen and oxygen atoms in total. The van der Waals surface area contributed by atoms with Crippen LogP contribution >= 0.6 is 0 Å². The molecule has 116 valence electrons. The maximum Gasteiger partial charge on any atom is 0.311 e. The first-order valence-corrected chi connectivity index (χ1v) is 8.05. The Morgan fingerprint density at radius 2 is 2.19 bits per heavy atom. The van der Waals surface area contributed by atoms with Crippen LogP contribution in [0.15, 0.2) is 23.1 Å². The number of carboxylic acids is 1. The molecule has 1 unspecified atom stereocenters. The Labute approximate surface area is 122 Å². The molecule has 1 aromatic carbocycles. The van der Waals surface area contributed by atoms with Gasteiger partial charge in [0.05, 0.1) is 16.0 Å². The van der Waals surface area contributed by atoms with Gasteiger partial charge in [0.15, 0.2) is 0 Å². The average molecular weight is 316 g/mol. The second-order valence-electron chi connectivity index (χ2n) is 5.27. The topological polar surface area (TPSA) is 101 Å². The zero-order valence-corrected chi connectivity index (χ0v) is 12.4. The Kier molecular flexibility index (Phi) is 3.94. The van der Waals surface area contributed by atoms with E-state index in [0.29, 0.717) is 19.4 Å². The molecular weight excluding hydrogens is 299 g/mol.